The highest BCUT2D eigenvalue weighted by Gasteiger charge is 2.12. The summed E-state index contributed by atoms with van der Waals surface area (Å²) in [6.45, 7) is 0. The van der Waals surface area contributed by atoms with E-state index in [2.05, 4.69) is 89.9 Å². The van der Waals surface area contributed by atoms with Gasteiger partial charge in [0.05, 0.1) is 5.69 Å². The van der Waals surface area contributed by atoms with Crippen LogP contribution in [0.25, 0.3) is 43.5 Å². The van der Waals surface area contributed by atoms with E-state index in [1.807, 2.05) is 0 Å². The van der Waals surface area contributed by atoms with Crippen molar-refractivity contribution in [2.75, 3.05) is 0 Å². The third-order valence-corrected chi connectivity index (χ3v) is 5.55. The van der Waals surface area contributed by atoms with Gasteiger partial charge in [-0.25, -0.2) is 4.98 Å². The summed E-state index contributed by atoms with van der Waals surface area (Å²) in [7, 11) is 2.09. The van der Waals surface area contributed by atoms with Crippen LogP contribution in [0.5, 0.6) is 0 Å². The molecule has 2 aromatic heterocycles. The maximum Gasteiger partial charge on any atom is 0.126 e. The summed E-state index contributed by atoms with van der Waals surface area (Å²) in [4.78, 5) is 4.93. The van der Waals surface area contributed by atoms with Gasteiger partial charge in [0.25, 0.3) is 0 Å². The predicted molar refractivity (Wildman–Crippen MR) is 107 cm³/mol. The van der Waals surface area contributed by atoms with Crippen LogP contribution in [0.2, 0.25) is 0 Å². The topological polar surface area (TPSA) is 17.8 Å². The lowest BCUT2D eigenvalue weighted by atomic mass is 10.1. The third-order valence-electron chi connectivity index (χ3n) is 4.68. The molecule has 2 nitrogen and oxygen atoms in total. The van der Waals surface area contributed by atoms with Crippen LogP contribution in [-0.2, 0) is 7.05 Å². The van der Waals surface area contributed by atoms with Crippen LogP contribution in [0, 0.1) is 0 Å². The Morgan fingerprint density at radius 2 is 1.68 bits per heavy atom. The fourth-order valence-corrected chi connectivity index (χ4v) is 4.24. The van der Waals surface area contributed by atoms with Crippen molar-refractivity contribution >= 4 is 33.0 Å². The molecule has 0 fully saturated rings. The van der Waals surface area contributed by atoms with Gasteiger partial charge in [0.1, 0.15) is 5.01 Å². The van der Waals surface area contributed by atoms with E-state index in [0.29, 0.717) is 0 Å². The lowest BCUT2D eigenvalue weighted by Gasteiger charge is -2.01. The van der Waals surface area contributed by atoms with E-state index in [9.17, 15) is 0 Å². The largest absolute Gasteiger partial charge is 0.350 e. The second-order valence-corrected chi connectivity index (χ2v) is 7.13. The molecule has 3 aromatic carbocycles. The molecule has 0 radical (unpaired) electrons. The molecule has 0 aliphatic rings. The van der Waals surface area contributed by atoms with E-state index in [1.54, 1.807) is 11.3 Å². The standard InChI is InChI=1S/C22H16N2S/c1-24-13-19(18-8-4-5-9-21(18)24)22-23-20(14-25-22)17-11-10-15-6-2-3-7-16(15)12-17/h2-14H,1H3. The molecule has 25 heavy (non-hydrogen) atoms. The zero-order valence-electron chi connectivity index (χ0n) is 13.8. The van der Waals surface area contributed by atoms with Crippen LogP contribution in [0.15, 0.2) is 78.3 Å². The van der Waals surface area contributed by atoms with Gasteiger partial charge in [-0.2, -0.15) is 0 Å². The third kappa shape index (κ3) is 2.36. The maximum atomic E-state index is 4.93. The fourth-order valence-electron chi connectivity index (χ4n) is 3.39. The van der Waals surface area contributed by atoms with E-state index in [1.165, 1.54) is 32.8 Å². The van der Waals surface area contributed by atoms with Gasteiger partial charge in [-0.1, -0.05) is 54.6 Å². The van der Waals surface area contributed by atoms with E-state index < -0.39 is 0 Å². The molecular weight excluding hydrogens is 324 g/mol. The van der Waals surface area contributed by atoms with Crippen molar-refractivity contribution < 1.29 is 0 Å². The second-order valence-electron chi connectivity index (χ2n) is 6.27. The lowest BCUT2D eigenvalue weighted by Crippen LogP contribution is -1.82. The van der Waals surface area contributed by atoms with E-state index in [4.69, 9.17) is 4.98 Å². The van der Waals surface area contributed by atoms with Crippen molar-refractivity contribution in [2.24, 2.45) is 7.05 Å². The molecule has 5 rings (SSSR count). The highest BCUT2D eigenvalue weighted by molar-refractivity contribution is 7.13. The van der Waals surface area contributed by atoms with Crippen LogP contribution in [0.3, 0.4) is 0 Å². The van der Waals surface area contributed by atoms with Crippen LogP contribution in [0.4, 0.5) is 0 Å². The molecule has 3 heteroatoms. The molecule has 2 heterocycles. The first-order valence-corrected chi connectivity index (χ1v) is 9.17. The summed E-state index contributed by atoms with van der Waals surface area (Å²) < 4.78 is 2.17. The number of benzene rings is 3. The first-order valence-electron chi connectivity index (χ1n) is 8.29. The van der Waals surface area contributed by atoms with E-state index >= 15 is 0 Å². The Bertz CT molecular complexity index is 1210. The number of para-hydroxylation sites is 1. The highest BCUT2D eigenvalue weighted by atomic mass is 32.1. The number of aromatic nitrogens is 2. The lowest BCUT2D eigenvalue weighted by molar-refractivity contribution is 0.970. The number of thiazole rings is 1. The number of rotatable bonds is 2. The first-order chi connectivity index (χ1) is 12.3. The summed E-state index contributed by atoms with van der Waals surface area (Å²) in [6.07, 6.45) is 2.17. The Kier molecular flexibility index (Phi) is 3.22. The second kappa shape index (κ2) is 5.57. The molecule has 0 N–H and O–H groups in total. The molecule has 120 valence electrons. The molecule has 0 saturated heterocycles. The van der Waals surface area contributed by atoms with Crippen LogP contribution in [-0.4, -0.2) is 9.55 Å². The van der Waals surface area contributed by atoms with E-state index in [-0.39, 0.29) is 0 Å². The van der Waals surface area contributed by atoms with Gasteiger partial charge in [0.15, 0.2) is 0 Å². The molecule has 0 bridgehead atoms. The smallest absolute Gasteiger partial charge is 0.126 e. The molecule has 0 saturated carbocycles. The van der Waals surface area contributed by atoms with Crippen molar-refractivity contribution in [1.82, 2.24) is 9.55 Å². The minimum Gasteiger partial charge on any atom is -0.350 e. The summed E-state index contributed by atoms with van der Waals surface area (Å²) >= 11 is 1.71. The fraction of sp³-hybridized carbons (Fsp3) is 0.0455. The Balaban J connectivity index is 1.62. The number of nitrogens with zero attached hydrogens (tertiary/aromatic N) is 2. The average molecular weight is 340 g/mol. The van der Waals surface area contributed by atoms with Crippen molar-refractivity contribution in [3.63, 3.8) is 0 Å². The minimum atomic E-state index is 1.04. The highest BCUT2D eigenvalue weighted by Crippen LogP contribution is 2.35. The zero-order valence-corrected chi connectivity index (χ0v) is 14.6. The number of hydrogen-bond donors (Lipinski definition) is 0. The van der Waals surface area contributed by atoms with Gasteiger partial charge in [-0.3, -0.25) is 0 Å². The summed E-state index contributed by atoms with van der Waals surface area (Å²) in [6, 6.07) is 23.5. The number of fused-ring (bicyclic) bond motifs is 2. The van der Waals surface area contributed by atoms with Crippen molar-refractivity contribution in [2.45, 2.75) is 0 Å². The van der Waals surface area contributed by atoms with Crippen molar-refractivity contribution in [1.29, 1.82) is 0 Å². The van der Waals surface area contributed by atoms with Gasteiger partial charge in [0, 0.05) is 40.7 Å². The van der Waals surface area contributed by atoms with Crippen LogP contribution < -0.4 is 0 Å². The van der Waals surface area contributed by atoms with Crippen molar-refractivity contribution in [3.8, 4) is 21.8 Å². The molecule has 0 unspecified atom stereocenters. The Morgan fingerprint density at radius 3 is 2.60 bits per heavy atom. The van der Waals surface area contributed by atoms with Gasteiger partial charge in [-0.05, 0) is 22.9 Å². The SMILES string of the molecule is Cn1cc(-c2nc(-c3ccc4ccccc4c3)cs2)c2ccccc21. The quantitative estimate of drug-likeness (QED) is 0.378. The summed E-state index contributed by atoms with van der Waals surface area (Å²) in [5.74, 6) is 0. The first kappa shape index (κ1) is 14.4. The Labute approximate surface area is 150 Å². The molecule has 0 aliphatic carbocycles. The van der Waals surface area contributed by atoms with E-state index in [0.717, 1.165) is 10.7 Å². The normalized spacial score (nSPS) is 11.4. The van der Waals surface area contributed by atoms with Gasteiger partial charge >= 0.3 is 0 Å². The van der Waals surface area contributed by atoms with Crippen LogP contribution >= 0.6 is 11.3 Å². The maximum absolute atomic E-state index is 4.93. The van der Waals surface area contributed by atoms with Gasteiger partial charge < -0.3 is 4.57 Å². The van der Waals surface area contributed by atoms with Crippen LogP contribution in [0.1, 0.15) is 0 Å². The number of aryl methyl sites for hydroxylation is 1. The predicted octanol–water partition coefficient (Wildman–Crippen LogP) is 6.12. The molecule has 0 atom stereocenters. The molecule has 0 amide bonds. The molecule has 0 aliphatic heterocycles. The zero-order chi connectivity index (χ0) is 16.8. The van der Waals surface area contributed by atoms with Gasteiger partial charge in [-0.15, -0.1) is 11.3 Å². The van der Waals surface area contributed by atoms with Gasteiger partial charge in [0.2, 0.25) is 0 Å². The molecule has 5 aromatic rings. The Morgan fingerprint density at radius 1 is 0.880 bits per heavy atom. The Hall–Kier alpha value is -2.91. The molecule has 0 spiro atoms. The molecular formula is C22H16N2S. The monoisotopic (exact) mass is 340 g/mol. The summed E-state index contributed by atoms with van der Waals surface area (Å²) in [5.41, 5.74) is 4.65. The minimum absolute atomic E-state index is 1.04. The summed E-state index contributed by atoms with van der Waals surface area (Å²) in [5, 5.41) is 6.99. The number of hydrogen-bond acceptors (Lipinski definition) is 2. The van der Waals surface area contributed by atoms with Crippen molar-refractivity contribution in [3.05, 3.63) is 78.3 Å². The average Bonchev–Trinajstić information content (AvgIpc) is 3.27.